The molecule has 1 saturated heterocycles. The molecule has 1 aliphatic heterocycles. The van der Waals surface area contributed by atoms with E-state index in [1.54, 1.807) is 6.92 Å². The molecular formula is C10H20N2O2. The van der Waals surface area contributed by atoms with Gasteiger partial charge < -0.3 is 15.7 Å². The van der Waals surface area contributed by atoms with Crippen LogP contribution in [0.15, 0.2) is 0 Å². The van der Waals surface area contributed by atoms with E-state index < -0.39 is 0 Å². The molecule has 0 spiro atoms. The Balaban J connectivity index is 2.47. The highest BCUT2D eigenvalue weighted by atomic mass is 16.3. The molecular weight excluding hydrogens is 180 g/mol. The van der Waals surface area contributed by atoms with E-state index in [9.17, 15) is 4.79 Å². The summed E-state index contributed by atoms with van der Waals surface area (Å²) in [7, 11) is 0. The molecule has 14 heavy (non-hydrogen) atoms. The van der Waals surface area contributed by atoms with E-state index in [1.807, 2.05) is 13.8 Å². The molecule has 1 heterocycles. The second kappa shape index (κ2) is 4.28. The Labute approximate surface area is 85.1 Å². The first-order valence-electron chi connectivity index (χ1n) is 5.14. The highest BCUT2D eigenvalue weighted by molar-refractivity contribution is 5.77. The third kappa shape index (κ3) is 2.96. The lowest BCUT2D eigenvalue weighted by Crippen LogP contribution is -2.61. The first-order chi connectivity index (χ1) is 6.42. The maximum Gasteiger partial charge on any atom is 0.220 e. The summed E-state index contributed by atoms with van der Waals surface area (Å²) in [4.78, 5) is 11.2. The van der Waals surface area contributed by atoms with Gasteiger partial charge in [-0.25, -0.2) is 0 Å². The number of rotatable bonds is 3. The van der Waals surface area contributed by atoms with Gasteiger partial charge in [0.05, 0.1) is 6.10 Å². The molecule has 1 unspecified atom stereocenters. The lowest BCUT2D eigenvalue weighted by atomic mass is 9.87. The van der Waals surface area contributed by atoms with Gasteiger partial charge in [-0.05, 0) is 27.2 Å². The van der Waals surface area contributed by atoms with Gasteiger partial charge in [0.2, 0.25) is 5.91 Å². The zero-order valence-electron chi connectivity index (χ0n) is 9.13. The number of piperidine rings is 1. The van der Waals surface area contributed by atoms with Crippen LogP contribution in [0.3, 0.4) is 0 Å². The average Bonchev–Trinajstić information content (AvgIpc) is 2.00. The number of carbonyl (C=O) groups is 1. The summed E-state index contributed by atoms with van der Waals surface area (Å²) in [5.41, 5.74) is -0.218. The molecule has 3 N–H and O–H groups in total. The number of aliphatic hydroxyl groups is 1. The van der Waals surface area contributed by atoms with Gasteiger partial charge in [-0.15, -0.1) is 0 Å². The normalized spacial score (nSPS) is 28.3. The quantitative estimate of drug-likeness (QED) is 0.601. The van der Waals surface area contributed by atoms with Gasteiger partial charge in [0, 0.05) is 24.5 Å². The highest BCUT2D eigenvalue weighted by Crippen LogP contribution is 2.19. The molecule has 0 bridgehead atoms. The number of hydrogen-bond donors (Lipinski definition) is 3. The van der Waals surface area contributed by atoms with Crippen molar-refractivity contribution in [2.75, 3.05) is 6.54 Å². The number of carbonyl (C=O) groups excluding carboxylic acids is 1. The number of amides is 1. The molecule has 1 aliphatic rings. The zero-order valence-corrected chi connectivity index (χ0v) is 9.13. The molecule has 2 atom stereocenters. The van der Waals surface area contributed by atoms with Gasteiger partial charge in [0.1, 0.15) is 0 Å². The Kier molecular flexibility index (Phi) is 3.50. The summed E-state index contributed by atoms with van der Waals surface area (Å²) in [5.74, 6) is 0.116. The largest absolute Gasteiger partial charge is 0.392 e. The van der Waals surface area contributed by atoms with Crippen LogP contribution in [0.1, 0.15) is 33.6 Å². The molecule has 1 fully saturated rings. The third-order valence-corrected chi connectivity index (χ3v) is 2.65. The van der Waals surface area contributed by atoms with Crippen molar-refractivity contribution in [2.24, 2.45) is 0 Å². The molecule has 82 valence electrons. The first kappa shape index (κ1) is 11.5. The SMILES string of the molecule is C[C@H](O)CNC1CCC(=O)NC1(C)C. The van der Waals surface area contributed by atoms with Crippen molar-refractivity contribution in [3.8, 4) is 0 Å². The highest BCUT2D eigenvalue weighted by Gasteiger charge is 2.34. The minimum absolute atomic E-state index is 0.116. The van der Waals surface area contributed by atoms with Crippen LogP contribution in [0.25, 0.3) is 0 Å². The fraction of sp³-hybridized carbons (Fsp3) is 0.900. The van der Waals surface area contributed by atoms with Crippen molar-refractivity contribution in [1.82, 2.24) is 10.6 Å². The van der Waals surface area contributed by atoms with Gasteiger partial charge >= 0.3 is 0 Å². The summed E-state index contributed by atoms with van der Waals surface area (Å²) in [5, 5.41) is 15.4. The molecule has 1 amide bonds. The van der Waals surface area contributed by atoms with Crippen LogP contribution in [0, 0.1) is 0 Å². The van der Waals surface area contributed by atoms with Crippen LogP contribution in [0.5, 0.6) is 0 Å². The van der Waals surface area contributed by atoms with Crippen molar-refractivity contribution in [3.63, 3.8) is 0 Å². The summed E-state index contributed by atoms with van der Waals surface area (Å²) < 4.78 is 0. The van der Waals surface area contributed by atoms with Crippen LogP contribution >= 0.6 is 0 Å². The van der Waals surface area contributed by atoms with E-state index in [0.717, 1.165) is 6.42 Å². The monoisotopic (exact) mass is 200 g/mol. The second-order valence-electron chi connectivity index (χ2n) is 4.62. The van der Waals surface area contributed by atoms with Crippen LogP contribution in [-0.4, -0.2) is 35.2 Å². The minimum Gasteiger partial charge on any atom is -0.392 e. The van der Waals surface area contributed by atoms with E-state index in [-0.39, 0.29) is 23.6 Å². The van der Waals surface area contributed by atoms with Crippen LogP contribution in [0.2, 0.25) is 0 Å². The molecule has 1 rings (SSSR count). The first-order valence-corrected chi connectivity index (χ1v) is 5.14. The Bertz CT molecular complexity index is 214. The van der Waals surface area contributed by atoms with Crippen LogP contribution in [0.4, 0.5) is 0 Å². The number of hydrogen-bond acceptors (Lipinski definition) is 3. The summed E-state index contributed by atoms with van der Waals surface area (Å²) >= 11 is 0. The molecule has 0 radical (unpaired) electrons. The van der Waals surface area contributed by atoms with Crippen LogP contribution < -0.4 is 10.6 Å². The number of nitrogens with one attached hydrogen (secondary N) is 2. The van der Waals surface area contributed by atoms with Gasteiger partial charge in [-0.3, -0.25) is 4.79 Å². The smallest absolute Gasteiger partial charge is 0.220 e. The Morgan fingerprint density at radius 3 is 2.86 bits per heavy atom. The molecule has 0 aromatic heterocycles. The predicted molar refractivity (Wildman–Crippen MR) is 54.9 cm³/mol. The fourth-order valence-corrected chi connectivity index (χ4v) is 1.82. The Hall–Kier alpha value is -0.610. The van der Waals surface area contributed by atoms with Crippen molar-refractivity contribution >= 4 is 5.91 Å². The summed E-state index contributed by atoms with van der Waals surface area (Å²) in [6.07, 6.45) is 1.07. The summed E-state index contributed by atoms with van der Waals surface area (Å²) in [6.45, 7) is 6.33. The van der Waals surface area contributed by atoms with Crippen molar-refractivity contribution in [2.45, 2.75) is 51.3 Å². The maximum absolute atomic E-state index is 11.2. The van der Waals surface area contributed by atoms with Gasteiger partial charge in [0.25, 0.3) is 0 Å². The summed E-state index contributed by atoms with van der Waals surface area (Å²) in [6, 6.07) is 0.245. The number of aliphatic hydroxyl groups excluding tert-OH is 1. The maximum atomic E-state index is 11.2. The Morgan fingerprint density at radius 1 is 1.71 bits per heavy atom. The van der Waals surface area contributed by atoms with E-state index >= 15 is 0 Å². The predicted octanol–water partition coefficient (Wildman–Crippen LogP) is 0.0140. The second-order valence-corrected chi connectivity index (χ2v) is 4.62. The van der Waals surface area contributed by atoms with Crippen molar-refractivity contribution in [1.29, 1.82) is 0 Å². The van der Waals surface area contributed by atoms with Gasteiger partial charge in [0.15, 0.2) is 0 Å². The van der Waals surface area contributed by atoms with Crippen molar-refractivity contribution < 1.29 is 9.90 Å². The minimum atomic E-state index is -0.344. The van der Waals surface area contributed by atoms with E-state index in [2.05, 4.69) is 10.6 Å². The topological polar surface area (TPSA) is 61.4 Å². The van der Waals surface area contributed by atoms with Gasteiger partial charge in [-0.1, -0.05) is 0 Å². The van der Waals surface area contributed by atoms with Crippen LogP contribution in [-0.2, 0) is 4.79 Å². The van der Waals surface area contributed by atoms with Crippen molar-refractivity contribution in [3.05, 3.63) is 0 Å². The van der Waals surface area contributed by atoms with Gasteiger partial charge in [-0.2, -0.15) is 0 Å². The zero-order chi connectivity index (χ0) is 10.8. The molecule has 4 nitrogen and oxygen atoms in total. The standard InChI is InChI=1S/C10H20N2O2/c1-7(13)6-11-8-4-5-9(14)12-10(8,2)3/h7-8,11,13H,4-6H2,1-3H3,(H,12,14)/t7-,8?/m0/s1. The third-order valence-electron chi connectivity index (χ3n) is 2.65. The molecule has 4 heteroatoms. The molecule has 0 aromatic rings. The molecule has 0 aliphatic carbocycles. The van der Waals surface area contributed by atoms with E-state index in [4.69, 9.17) is 5.11 Å². The lowest BCUT2D eigenvalue weighted by Gasteiger charge is -2.40. The molecule has 0 aromatic carbocycles. The molecule has 0 saturated carbocycles. The van der Waals surface area contributed by atoms with E-state index in [0.29, 0.717) is 13.0 Å². The average molecular weight is 200 g/mol. The Morgan fingerprint density at radius 2 is 2.36 bits per heavy atom. The fourth-order valence-electron chi connectivity index (χ4n) is 1.82. The lowest BCUT2D eigenvalue weighted by molar-refractivity contribution is -0.125. The van der Waals surface area contributed by atoms with E-state index in [1.165, 1.54) is 0 Å².